The first-order valence-electron chi connectivity index (χ1n) is 5.42. The summed E-state index contributed by atoms with van der Waals surface area (Å²) in [5.41, 5.74) is -0.162. The Kier molecular flexibility index (Phi) is 5.15. The lowest BCUT2D eigenvalue weighted by atomic mass is 9.68. The van der Waals surface area contributed by atoms with Gasteiger partial charge in [0.1, 0.15) is 0 Å². The zero-order valence-corrected chi connectivity index (χ0v) is 10.5. The Labute approximate surface area is 88.9 Å². The summed E-state index contributed by atoms with van der Waals surface area (Å²) in [4.78, 5) is 2.15. The summed E-state index contributed by atoms with van der Waals surface area (Å²) in [6, 6.07) is 2.54. The van der Waals surface area contributed by atoms with Crippen LogP contribution >= 0.6 is 0 Å². The van der Waals surface area contributed by atoms with Crippen LogP contribution in [0.5, 0.6) is 0 Å². The molecule has 0 aromatic heterocycles. The van der Waals surface area contributed by atoms with E-state index < -0.39 is 0 Å². The molecule has 0 spiro atoms. The summed E-state index contributed by atoms with van der Waals surface area (Å²) >= 11 is 0. The van der Waals surface area contributed by atoms with Crippen molar-refractivity contribution >= 4 is 0 Å². The van der Waals surface area contributed by atoms with Crippen molar-refractivity contribution in [2.75, 3.05) is 20.6 Å². The first-order valence-corrected chi connectivity index (χ1v) is 5.42. The van der Waals surface area contributed by atoms with Gasteiger partial charge < -0.3 is 4.90 Å². The number of rotatable bonds is 5. The summed E-state index contributed by atoms with van der Waals surface area (Å²) in [6.45, 7) is 9.60. The monoisotopic (exact) mass is 196 g/mol. The van der Waals surface area contributed by atoms with Crippen LogP contribution in [0.2, 0.25) is 0 Å². The highest BCUT2D eigenvalue weighted by molar-refractivity contribution is 5.03. The van der Waals surface area contributed by atoms with Gasteiger partial charge in [0.25, 0.3) is 0 Å². The fourth-order valence-corrected chi connectivity index (χ4v) is 1.97. The van der Waals surface area contributed by atoms with Gasteiger partial charge in [-0.3, -0.25) is 0 Å². The minimum absolute atomic E-state index is 0.162. The Morgan fingerprint density at radius 3 is 1.79 bits per heavy atom. The first-order chi connectivity index (χ1) is 6.36. The van der Waals surface area contributed by atoms with Gasteiger partial charge >= 0.3 is 0 Å². The van der Waals surface area contributed by atoms with Gasteiger partial charge in [-0.25, -0.2) is 0 Å². The Bertz CT molecular complexity index is 191. The molecule has 0 aliphatic rings. The molecule has 0 N–H and O–H groups in total. The second kappa shape index (κ2) is 5.36. The second-order valence-corrected chi connectivity index (χ2v) is 5.01. The van der Waals surface area contributed by atoms with E-state index in [4.69, 9.17) is 0 Å². The van der Waals surface area contributed by atoms with Crippen molar-refractivity contribution in [3.8, 4) is 6.07 Å². The summed E-state index contributed by atoms with van der Waals surface area (Å²) in [5, 5.41) is 9.36. The van der Waals surface area contributed by atoms with Crippen molar-refractivity contribution in [3.05, 3.63) is 0 Å². The third-order valence-electron chi connectivity index (χ3n) is 3.24. The van der Waals surface area contributed by atoms with E-state index in [0.717, 1.165) is 13.0 Å². The lowest BCUT2D eigenvalue weighted by molar-refractivity contribution is 0.156. The minimum Gasteiger partial charge on any atom is -0.309 e. The van der Waals surface area contributed by atoms with Crippen LogP contribution < -0.4 is 0 Å². The van der Waals surface area contributed by atoms with E-state index in [0.29, 0.717) is 11.8 Å². The van der Waals surface area contributed by atoms with Gasteiger partial charge in [0, 0.05) is 0 Å². The maximum absolute atomic E-state index is 9.36. The average Bonchev–Trinajstić information content (AvgIpc) is 2.04. The molecule has 0 aliphatic heterocycles. The molecule has 0 rings (SSSR count). The summed E-state index contributed by atoms with van der Waals surface area (Å²) in [6.07, 6.45) is 0.964. The van der Waals surface area contributed by atoms with Crippen LogP contribution in [-0.4, -0.2) is 25.5 Å². The lowest BCUT2D eigenvalue weighted by Gasteiger charge is -2.35. The molecule has 0 unspecified atom stereocenters. The molecule has 0 saturated carbocycles. The first kappa shape index (κ1) is 13.4. The van der Waals surface area contributed by atoms with Gasteiger partial charge in [-0.15, -0.1) is 0 Å². The molecule has 14 heavy (non-hydrogen) atoms. The number of hydrogen-bond acceptors (Lipinski definition) is 2. The molecule has 0 bridgehead atoms. The third kappa shape index (κ3) is 2.99. The van der Waals surface area contributed by atoms with Crippen LogP contribution in [0.15, 0.2) is 0 Å². The normalized spacial score (nSPS) is 12.6. The van der Waals surface area contributed by atoms with Crippen molar-refractivity contribution in [1.29, 1.82) is 5.26 Å². The third-order valence-corrected chi connectivity index (χ3v) is 3.24. The summed E-state index contributed by atoms with van der Waals surface area (Å²) in [7, 11) is 4.12. The van der Waals surface area contributed by atoms with Gasteiger partial charge in [-0.05, 0) is 38.9 Å². The number of nitriles is 1. The smallest absolute Gasteiger partial charge is 0.0695 e. The van der Waals surface area contributed by atoms with E-state index >= 15 is 0 Å². The van der Waals surface area contributed by atoms with Gasteiger partial charge in [0.15, 0.2) is 0 Å². The molecule has 82 valence electrons. The molecular weight excluding hydrogens is 172 g/mol. The van der Waals surface area contributed by atoms with Gasteiger partial charge in [-0.1, -0.05) is 27.7 Å². The van der Waals surface area contributed by atoms with Gasteiger partial charge in [-0.2, -0.15) is 5.26 Å². The molecule has 2 heteroatoms. The molecule has 0 atom stereocenters. The van der Waals surface area contributed by atoms with Crippen LogP contribution in [0.25, 0.3) is 0 Å². The van der Waals surface area contributed by atoms with Crippen molar-refractivity contribution < 1.29 is 0 Å². The highest BCUT2D eigenvalue weighted by Crippen LogP contribution is 2.38. The molecule has 0 fully saturated rings. The summed E-state index contributed by atoms with van der Waals surface area (Å²) in [5.74, 6) is 0.847. The largest absolute Gasteiger partial charge is 0.309 e. The fraction of sp³-hybridized carbons (Fsp3) is 0.917. The van der Waals surface area contributed by atoms with Crippen molar-refractivity contribution in [2.45, 2.75) is 34.1 Å². The van der Waals surface area contributed by atoms with Crippen LogP contribution in [0.1, 0.15) is 34.1 Å². The Hall–Kier alpha value is -0.550. The highest BCUT2D eigenvalue weighted by atomic mass is 15.0. The van der Waals surface area contributed by atoms with Gasteiger partial charge in [0.2, 0.25) is 0 Å². The van der Waals surface area contributed by atoms with Crippen LogP contribution in [0.3, 0.4) is 0 Å². The molecule has 2 nitrogen and oxygen atoms in total. The zero-order chi connectivity index (χ0) is 11.4. The molecule has 0 saturated heterocycles. The molecule has 0 heterocycles. The van der Waals surface area contributed by atoms with E-state index in [1.165, 1.54) is 0 Å². The predicted molar refractivity (Wildman–Crippen MR) is 60.9 cm³/mol. The zero-order valence-electron chi connectivity index (χ0n) is 10.5. The fourth-order valence-electron chi connectivity index (χ4n) is 1.97. The standard InChI is InChI=1S/C12H24N2/c1-10(2)12(9-13,11(3)4)7-8-14(5)6/h10-11H,7-8H2,1-6H3. The minimum atomic E-state index is -0.162. The van der Waals surface area contributed by atoms with Crippen molar-refractivity contribution in [2.24, 2.45) is 17.3 Å². The molecule has 0 aromatic carbocycles. The van der Waals surface area contributed by atoms with Crippen molar-refractivity contribution in [3.63, 3.8) is 0 Å². The quantitative estimate of drug-likeness (QED) is 0.676. The van der Waals surface area contributed by atoms with E-state index in [1.54, 1.807) is 0 Å². The maximum atomic E-state index is 9.36. The topological polar surface area (TPSA) is 27.0 Å². The average molecular weight is 196 g/mol. The predicted octanol–water partition coefficient (Wildman–Crippen LogP) is 2.76. The highest BCUT2D eigenvalue weighted by Gasteiger charge is 2.36. The van der Waals surface area contributed by atoms with Crippen molar-refractivity contribution in [1.82, 2.24) is 4.90 Å². The van der Waals surface area contributed by atoms with E-state index in [-0.39, 0.29) is 5.41 Å². The summed E-state index contributed by atoms with van der Waals surface area (Å²) < 4.78 is 0. The molecule has 0 aliphatic carbocycles. The van der Waals surface area contributed by atoms with E-state index in [9.17, 15) is 5.26 Å². The molecule has 0 radical (unpaired) electrons. The molecular formula is C12H24N2. The van der Waals surface area contributed by atoms with Crippen LogP contribution in [0.4, 0.5) is 0 Å². The maximum Gasteiger partial charge on any atom is 0.0695 e. The SMILES string of the molecule is CC(C)C(C#N)(CCN(C)C)C(C)C. The Morgan fingerprint density at radius 1 is 1.14 bits per heavy atom. The Balaban J connectivity index is 4.62. The molecule has 0 aromatic rings. The lowest BCUT2D eigenvalue weighted by Crippen LogP contribution is -2.34. The number of nitrogens with zero attached hydrogens (tertiary/aromatic N) is 2. The van der Waals surface area contributed by atoms with E-state index in [1.807, 2.05) is 0 Å². The van der Waals surface area contributed by atoms with Gasteiger partial charge in [0.05, 0.1) is 11.5 Å². The van der Waals surface area contributed by atoms with Crippen LogP contribution in [-0.2, 0) is 0 Å². The van der Waals surface area contributed by atoms with E-state index in [2.05, 4.69) is 52.8 Å². The second-order valence-electron chi connectivity index (χ2n) is 5.01. The number of hydrogen-bond donors (Lipinski definition) is 0. The Morgan fingerprint density at radius 2 is 1.57 bits per heavy atom. The molecule has 0 amide bonds. The van der Waals surface area contributed by atoms with Crippen LogP contribution in [0, 0.1) is 28.6 Å².